The Morgan fingerprint density at radius 2 is 1.85 bits per heavy atom. The maximum atomic E-state index is 12.1. The van der Waals surface area contributed by atoms with Crippen LogP contribution in [0.5, 0.6) is 5.75 Å². The van der Waals surface area contributed by atoms with Crippen LogP contribution in [0.4, 0.5) is 24.8 Å². The van der Waals surface area contributed by atoms with Gasteiger partial charge < -0.3 is 10.1 Å². The van der Waals surface area contributed by atoms with Crippen molar-refractivity contribution in [1.29, 1.82) is 0 Å². The Kier molecular flexibility index (Phi) is 3.73. The molecular weight excluding hydrogens is 273 g/mol. The zero-order chi connectivity index (χ0) is 14.8. The third-order valence-corrected chi connectivity index (χ3v) is 2.19. The molecule has 0 aliphatic carbocycles. The number of nitrogens with one attached hydrogen (secondary N) is 1. The minimum Gasteiger partial charge on any atom is -0.406 e. The van der Waals surface area contributed by atoms with E-state index in [1.54, 1.807) is 19.9 Å². The first-order valence-electron chi connectivity index (χ1n) is 5.63. The van der Waals surface area contributed by atoms with Crippen LogP contribution in [0.2, 0.25) is 0 Å². The number of hydrogen-bond donors (Lipinski definition) is 1. The fourth-order valence-electron chi connectivity index (χ4n) is 1.59. The number of ether oxygens (including phenoxy) is 1. The van der Waals surface area contributed by atoms with Gasteiger partial charge in [-0.15, -0.1) is 13.2 Å². The van der Waals surface area contributed by atoms with E-state index in [-0.39, 0.29) is 11.6 Å². The van der Waals surface area contributed by atoms with Gasteiger partial charge in [-0.25, -0.2) is 15.0 Å². The van der Waals surface area contributed by atoms with Gasteiger partial charge in [0.2, 0.25) is 0 Å². The summed E-state index contributed by atoms with van der Waals surface area (Å²) in [5.41, 5.74) is 0.739. The molecule has 0 aliphatic rings. The molecule has 0 aliphatic heterocycles. The van der Waals surface area contributed by atoms with Crippen LogP contribution in [0.1, 0.15) is 11.5 Å². The molecule has 0 atom stereocenters. The van der Waals surface area contributed by atoms with Crippen LogP contribution in [-0.2, 0) is 0 Å². The lowest BCUT2D eigenvalue weighted by molar-refractivity contribution is -0.274. The fraction of sp³-hybridized carbons (Fsp3) is 0.250. The molecule has 2 aromatic rings. The van der Waals surface area contributed by atoms with Gasteiger partial charge in [-0.2, -0.15) is 0 Å². The Morgan fingerprint density at radius 1 is 1.10 bits per heavy atom. The molecule has 2 rings (SSSR count). The van der Waals surface area contributed by atoms with Crippen LogP contribution >= 0.6 is 0 Å². The molecule has 1 N–H and O–H groups in total. The van der Waals surface area contributed by atoms with Crippen molar-refractivity contribution >= 4 is 11.6 Å². The lowest BCUT2D eigenvalue weighted by atomic mass is 10.4. The molecule has 106 valence electrons. The van der Waals surface area contributed by atoms with Gasteiger partial charge >= 0.3 is 6.36 Å². The molecule has 0 spiro atoms. The van der Waals surface area contributed by atoms with Gasteiger partial charge in [0.25, 0.3) is 0 Å². The van der Waals surface area contributed by atoms with Crippen LogP contribution in [0.3, 0.4) is 0 Å². The van der Waals surface area contributed by atoms with Crippen LogP contribution in [0, 0.1) is 13.8 Å². The smallest absolute Gasteiger partial charge is 0.406 e. The van der Waals surface area contributed by atoms with Gasteiger partial charge in [0.1, 0.15) is 23.2 Å². The van der Waals surface area contributed by atoms with Crippen molar-refractivity contribution in [1.82, 2.24) is 15.0 Å². The summed E-state index contributed by atoms with van der Waals surface area (Å²) in [5, 5.41) is 2.80. The number of aromatic nitrogens is 3. The third kappa shape index (κ3) is 4.08. The molecule has 20 heavy (non-hydrogen) atoms. The molecule has 0 aromatic carbocycles. The highest BCUT2D eigenvalue weighted by molar-refractivity contribution is 5.53. The predicted molar refractivity (Wildman–Crippen MR) is 65.7 cm³/mol. The SMILES string of the molecule is Cc1cc(Nc2cc(OC(F)(F)F)ccn2)nc(C)n1. The minimum atomic E-state index is -4.74. The summed E-state index contributed by atoms with van der Waals surface area (Å²) in [6.07, 6.45) is -3.52. The number of rotatable bonds is 3. The molecule has 0 amide bonds. The summed E-state index contributed by atoms with van der Waals surface area (Å²) < 4.78 is 40.2. The van der Waals surface area contributed by atoms with E-state index in [4.69, 9.17) is 0 Å². The monoisotopic (exact) mass is 284 g/mol. The van der Waals surface area contributed by atoms with Gasteiger partial charge in [-0.3, -0.25) is 0 Å². The molecule has 2 aromatic heterocycles. The molecule has 0 unspecified atom stereocenters. The lowest BCUT2D eigenvalue weighted by Gasteiger charge is -2.10. The van der Waals surface area contributed by atoms with Gasteiger partial charge in [0.05, 0.1) is 0 Å². The minimum absolute atomic E-state index is 0.198. The first kappa shape index (κ1) is 14.0. The second kappa shape index (κ2) is 5.32. The Labute approximate surface area is 112 Å². The number of halogens is 3. The van der Waals surface area contributed by atoms with Crippen molar-refractivity contribution in [3.63, 3.8) is 0 Å². The number of aryl methyl sites for hydroxylation is 2. The van der Waals surface area contributed by atoms with Crippen molar-refractivity contribution in [2.24, 2.45) is 0 Å². The molecule has 8 heteroatoms. The Balaban J connectivity index is 2.19. The first-order chi connectivity index (χ1) is 9.32. The standard InChI is InChI=1S/C12H11F3N4O/c1-7-5-11(18-8(2)17-7)19-10-6-9(3-4-16-10)20-12(13,14)15/h3-6H,1-2H3,(H,16,17,18,19). The summed E-state index contributed by atoms with van der Waals surface area (Å²) in [6.45, 7) is 3.51. The van der Waals surface area contributed by atoms with Crippen molar-refractivity contribution in [2.45, 2.75) is 20.2 Å². The predicted octanol–water partition coefficient (Wildman–Crippen LogP) is 3.13. The van der Waals surface area contributed by atoms with E-state index in [0.717, 1.165) is 17.8 Å². The second-order valence-corrected chi connectivity index (χ2v) is 3.99. The molecule has 0 bridgehead atoms. The summed E-state index contributed by atoms with van der Waals surface area (Å²) in [4.78, 5) is 12.1. The number of pyridine rings is 1. The molecule has 0 radical (unpaired) electrons. The number of nitrogens with zero attached hydrogens (tertiary/aromatic N) is 3. The van der Waals surface area contributed by atoms with Gasteiger partial charge in [-0.1, -0.05) is 0 Å². The van der Waals surface area contributed by atoms with E-state index in [1.165, 1.54) is 6.20 Å². The summed E-state index contributed by atoms with van der Waals surface area (Å²) in [5.74, 6) is 0.851. The molecule has 0 saturated heterocycles. The van der Waals surface area contributed by atoms with E-state index in [0.29, 0.717) is 11.6 Å². The summed E-state index contributed by atoms with van der Waals surface area (Å²) in [6, 6.07) is 3.92. The van der Waals surface area contributed by atoms with Crippen LogP contribution < -0.4 is 10.1 Å². The van der Waals surface area contributed by atoms with Crippen LogP contribution in [0.15, 0.2) is 24.4 Å². The molecule has 2 heterocycles. The molecule has 5 nitrogen and oxygen atoms in total. The quantitative estimate of drug-likeness (QED) is 0.938. The first-order valence-corrected chi connectivity index (χ1v) is 5.63. The van der Waals surface area contributed by atoms with Gasteiger partial charge in [0.15, 0.2) is 0 Å². The van der Waals surface area contributed by atoms with Gasteiger partial charge in [0, 0.05) is 24.0 Å². The van der Waals surface area contributed by atoms with Crippen molar-refractivity contribution in [2.75, 3.05) is 5.32 Å². The molecular formula is C12H11F3N4O. The zero-order valence-corrected chi connectivity index (χ0v) is 10.7. The third-order valence-electron chi connectivity index (χ3n) is 2.19. The zero-order valence-electron chi connectivity index (χ0n) is 10.7. The summed E-state index contributed by atoms with van der Waals surface area (Å²) >= 11 is 0. The van der Waals surface area contributed by atoms with Crippen molar-refractivity contribution < 1.29 is 17.9 Å². The molecule has 0 saturated carbocycles. The topological polar surface area (TPSA) is 59.9 Å². The van der Waals surface area contributed by atoms with Crippen molar-refractivity contribution in [3.05, 3.63) is 35.9 Å². The Bertz CT molecular complexity index is 596. The van der Waals surface area contributed by atoms with Crippen LogP contribution in [-0.4, -0.2) is 21.3 Å². The van der Waals surface area contributed by atoms with E-state index >= 15 is 0 Å². The average molecular weight is 284 g/mol. The highest BCUT2D eigenvalue weighted by atomic mass is 19.4. The maximum Gasteiger partial charge on any atom is 0.573 e. The normalized spacial score (nSPS) is 11.2. The fourth-order valence-corrected chi connectivity index (χ4v) is 1.59. The number of hydrogen-bond acceptors (Lipinski definition) is 5. The average Bonchev–Trinajstić information content (AvgIpc) is 2.25. The summed E-state index contributed by atoms with van der Waals surface area (Å²) in [7, 11) is 0. The highest BCUT2D eigenvalue weighted by Gasteiger charge is 2.31. The highest BCUT2D eigenvalue weighted by Crippen LogP contribution is 2.24. The van der Waals surface area contributed by atoms with Crippen LogP contribution in [0.25, 0.3) is 0 Å². The lowest BCUT2D eigenvalue weighted by Crippen LogP contribution is -2.17. The van der Waals surface area contributed by atoms with E-state index in [1.807, 2.05) is 0 Å². The van der Waals surface area contributed by atoms with E-state index < -0.39 is 6.36 Å². The number of alkyl halides is 3. The number of anilines is 2. The maximum absolute atomic E-state index is 12.1. The largest absolute Gasteiger partial charge is 0.573 e. The Hall–Kier alpha value is -2.38. The van der Waals surface area contributed by atoms with Crippen molar-refractivity contribution in [3.8, 4) is 5.75 Å². The van der Waals surface area contributed by atoms with E-state index in [2.05, 4.69) is 25.0 Å². The molecule has 0 fully saturated rings. The second-order valence-electron chi connectivity index (χ2n) is 3.99. The van der Waals surface area contributed by atoms with Gasteiger partial charge in [-0.05, 0) is 19.9 Å². The Morgan fingerprint density at radius 3 is 2.50 bits per heavy atom. The van der Waals surface area contributed by atoms with E-state index in [9.17, 15) is 13.2 Å².